The second-order valence-corrected chi connectivity index (χ2v) is 7.99. The third-order valence-corrected chi connectivity index (χ3v) is 5.39. The van der Waals surface area contributed by atoms with Crippen LogP contribution in [0.3, 0.4) is 0 Å². The molecule has 0 bridgehead atoms. The van der Waals surface area contributed by atoms with Gasteiger partial charge in [0.2, 0.25) is 5.91 Å². The highest BCUT2D eigenvalue weighted by Crippen LogP contribution is 2.13. The van der Waals surface area contributed by atoms with E-state index in [1.807, 2.05) is 6.07 Å². The number of hydrogen-bond donors (Lipinski definition) is 1. The second-order valence-electron chi connectivity index (χ2n) is 5.76. The SMILES string of the molecule is CN(CC(=O)NC1CCS(=O)(=O)C1)Cc1cc(C#N)ccc1F. The molecule has 1 saturated heterocycles. The fraction of sp³-hybridized carbons (Fsp3) is 0.467. The first kappa shape index (κ1) is 17.4. The van der Waals surface area contributed by atoms with E-state index < -0.39 is 15.7 Å². The Labute approximate surface area is 134 Å². The summed E-state index contributed by atoms with van der Waals surface area (Å²) in [5, 5.41) is 11.5. The Bertz CT molecular complexity index is 743. The molecule has 6 nitrogen and oxygen atoms in total. The van der Waals surface area contributed by atoms with E-state index in [4.69, 9.17) is 5.26 Å². The maximum absolute atomic E-state index is 13.7. The molecule has 0 aromatic heterocycles. The molecule has 0 radical (unpaired) electrons. The number of nitrogens with zero attached hydrogens (tertiary/aromatic N) is 2. The van der Waals surface area contributed by atoms with E-state index in [9.17, 15) is 17.6 Å². The van der Waals surface area contributed by atoms with E-state index in [1.165, 1.54) is 18.2 Å². The van der Waals surface area contributed by atoms with Crippen molar-refractivity contribution in [3.8, 4) is 6.07 Å². The number of carbonyl (C=O) groups excluding carboxylic acids is 1. The maximum Gasteiger partial charge on any atom is 0.234 e. The molecular formula is C15H18FN3O3S. The number of rotatable bonds is 5. The van der Waals surface area contributed by atoms with Crippen LogP contribution in [0.15, 0.2) is 18.2 Å². The molecule has 8 heteroatoms. The molecular weight excluding hydrogens is 321 g/mol. The standard InChI is InChI=1S/C15H18FN3O3S/c1-19(8-12-6-11(7-17)2-3-14(12)16)9-15(20)18-13-4-5-23(21,22)10-13/h2-3,6,13H,4-5,8-10H2,1H3,(H,18,20). The van der Waals surface area contributed by atoms with Crippen LogP contribution in [0.5, 0.6) is 0 Å². The van der Waals surface area contributed by atoms with Gasteiger partial charge < -0.3 is 5.32 Å². The number of halogens is 1. The van der Waals surface area contributed by atoms with Crippen LogP contribution in [0.25, 0.3) is 0 Å². The lowest BCUT2D eigenvalue weighted by Crippen LogP contribution is -2.41. The highest BCUT2D eigenvalue weighted by Gasteiger charge is 2.29. The minimum absolute atomic E-state index is 0.0206. The quantitative estimate of drug-likeness (QED) is 0.840. The number of hydrogen-bond acceptors (Lipinski definition) is 5. The van der Waals surface area contributed by atoms with Crippen molar-refractivity contribution >= 4 is 15.7 Å². The molecule has 1 N–H and O–H groups in total. The fourth-order valence-corrected chi connectivity index (χ4v) is 4.21. The molecule has 124 valence electrons. The summed E-state index contributed by atoms with van der Waals surface area (Å²) in [6.45, 7) is 0.199. The van der Waals surface area contributed by atoms with Crippen molar-refractivity contribution in [1.82, 2.24) is 10.2 Å². The molecule has 2 rings (SSSR count). The summed E-state index contributed by atoms with van der Waals surface area (Å²) in [6, 6.07) is 5.67. The number of nitrogens with one attached hydrogen (secondary N) is 1. The number of benzene rings is 1. The second kappa shape index (κ2) is 7.06. The van der Waals surface area contributed by atoms with Crippen LogP contribution in [0.1, 0.15) is 17.5 Å². The van der Waals surface area contributed by atoms with Crippen LogP contribution >= 0.6 is 0 Å². The summed E-state index contributed by atoms with van der Waals surface area (Å²) in [4.78, 5) is 13.5. The molecule has 1 atom stereocenters. The number of sulfone groups is 1. The molecule has 1 aliphatic rings. The number of nitriles is 1. The van der Waals surface area contributed by atoms with Crippen LogP contribution in [-0.2, 0) is 21.2 Å². The lowest BCUT2D eigenvalue weighted by molar-refractivity contribution is -0.122. The van der Waals surface area contributed by atoms with Crippen molar-refractivity contribution in [2.75, 3.05) is 25.1 Å². The largest absolute Gasteiger partial charge is 0.351 e. The Morgan fingerprint density at radius 3 is 2.87 bits per heavy atom. The van der Waals surface area contributed by atoms with Crippen molar-refractivity contribution < 1.29 is 17.6 Å². The Kier molecular flexibility index (Phi) is 5.34. The Hall–Kier alpha value is -1.98. The summed E-state index contributed by atoms with van der Waals surface area (Å²) in [6.07, 6.45) is 0.427. The van der Waals surface area contributed by atoms with Crippen molar-refractivity contribution in [1.29, 1.82) is 5.26 Å². The lowest BCUT2D eigenvalue weighted by atomic mass is 10.1. The predicted octanol–water partition coefficient (Wildman–Crippen LogP) is 0.432. The minimum atomic E-state index is -3.04. The van der Waals surface area contributed by atoms with Gasteiger partial charge in [0.05, 0.1) is 29.7 Å². The Morgan fingerprint density at radius 2 is 2.26 bits per heavy atom. The van der Waals surface area contributed by atoms with E-state index in [2.05, 4.69) is 5.32 Å². The summed E-state index contributed by atoms with van der Waals surface area (Å²) >= 11 is 0. The summed E-state index contributed by atoms with van der Waals surface area (Å²) in [5.74, 6) is -0.661. The summed E-state index contributed by atoms with van der Waals surface area (Å²) in [7, 11) is -1.38. The smallest absolute Gasteiger partial charge is 0.234 e. The van der Waals surface area contributed by atoms with Crippen LogP contribution in [0.2, 0.25) is 0 Å². The molecule has 1 aromatic carbocycles. The van der Waals surface area contributed by atoms with Gasteiger partial charge in [-0.3, -0.25) is 9.69 Å². The lowest BCUT2D eigenvalue weighted by Gasteiger charge is -2.18. The number of amides is 1. The molecule has 1 amide bonds. The molecule has 1 aromatic rings. The molecule has 0 aliphatic carbocycles. The van der Waals surface area contributed by atoms with E-state index in [-0.39, 0.29) is 36.5 Å². The monoisotopic (exact) mass is 339 g/mol. The Balaban J connectivity index is 1.88. The van der Waals surface area contributed by atoms with Crippen LogP contribution in [0, 0.1) is 17.1 Å². The van der Waals surface area contributed by atoms with Gasteiger partial charge in [-0.15, -0.1) is 0 Å². The van der Waals surface area contributed by atoms with Crippen molar-refractivity contribution in [2.45, 2.75) is 19.0 Å². The zero-order valence-corrected chi connectivity index (χ0v) is 13.6. The fourth-order valence-electron chi connectivity index (χ4n) is 2.54. The normalized spacial score (nSPS) is 19.5. The van der Waals surface area contributed by atoms with Crippen molar-refractivity contribution in [3.05, 3.63) is 35.1 Å². The molecule has 0 spiro atoms. The first-order valence-corrected chi connectivity index (χ1v) is 8.98. The molecule has 23 heavy (non-hydrogen) atoms. The topological polar surface area (TPSA) is 90.3 Å². The van der Waals surface area contributed by atoms with Crippen molar-refractivity contribution in [2.24, 2.45) is 0 Å². The van der Waals surface area contributed by atoms with Gasteiger partial charge >= 0.3 is 0 Å². The first-order valence-electron chi connectivity index (χ1n) is 7.16. The van der Waals surface area contributed by atoms with Gasteiger partial charge in [-0.1, -0.05) is 0 Å². The molecule has 1 unspecified atom stereocenters. The van der Waals surface area contributed by atoms with Gasteiger partial charge in [0.1, 0.15) is 5.82 Å². The number of carbonyl (C=O) groups is 1. The average Bonchev–Trinajstić information content (AvgIpc) is 2.79. The summed E-state index contributed by atoms with van der Waals surface area (Å²) in [5.41, 5.74) is 0.693. The molecule has 1 aliphatic heterocycles. The van der Waals surface area contributed by atoms with Crippen LogP contribution in [-0.4, -0.2) is 50.4 Å². The van der Waals surface area contributed by atoms with E-state index in [1.54, 1.807) is 11.9 Å². The molecule has 0 saturated carbocycles. The molecule has 1 heterocycles. The van der Waals surface area contributed by atoms with Gasteiger partial charge in [0, 0.05) is 18.2 Å². The van der Waals surface area contributed by atoms with Gasteiger partial charge in [-0.05, 0) is 31.7 Å². The minimum Gasteiger partial charge on any atom is -0.351 e. The van der Waals surface area contributed by atoms with Gasteiger partial charge in [0.25, 0.3) is 0 Å². The first-order chi connectivity index (χ1) is 10.8. The Morgan fingerprint density at radius 1 is 1.52 bits per heavy atom. The van der Waals surface area contributed by atoms with Crippen LogP contribution < -0.4 is 5.32 Å². The third-order valence-electron chi connectivity index (χ3n) is 3.63. The number of likely N-dealkylation sites (N-methyl/N-ethyl adjacent to an activating group) is 1. The highest BCUT2D eigenvalue weighted by molar-refractivity contribution is 7.91. The molecule has 1 fully saturated rings. The van der Waals surface area contributed by atoms with E-state index in [0.29, 0.717) is 17.5 Å². The summed E-state index contributed by atoms with van der Waals surface area (Å²) < 4.78 is 36.4. The maximum atomic E-state index is 13.7. The van der Waals surface area contributed by atoms with Gasteiger partial charge in [-0.25, -0.2) is 12.8 Å². The van der Waals surface area contributed by atoms with Crippen LogP contribution in [0.4, 0.5) is 4.39 Å². The zero-order valence-electron chi connectivity index (χ0n) is 12.8. The predicted molar refractivity (Wildman–Crippen MR) is 82.7 cm³/mol. The average molecular weight is 339 g/mol. The third kappa shape index (κ3) is 5.01. The van der Waals surface area contributed by atoms with E-state index in [0.717, 1.165) is 0 Å². The van der Waals surface area contributed by atoms with E-state index >= 15 is 0 Å². The highest BCUT2D eigenvalue weighted by atomic mass is 32.2. The van der Waals surface area contributed by atoms with Gasteiger partial charge in [-0.2, -0.15) is 5.26 Å². The zero-order chi connectivity index (χ0) is 17.0. The van der Waals surface area contributed by atoms with Crippen molar-refractivity contribution in [3.63, 3.8) is 0 Å². The van der Waals surface area contributed by atoms with Gasteiger partial charge in [0.15, 0.2) is 9.84 Å².